The first-order valence-electron chi connectivity index (χ1n) is 2.01. The molecule has 0 aliphatic carbocycles. The molecule has 0 aromatic carbocycles. The highest BCUT2D eigenvalue weighted by molar-refractivity contribution is 7.61. The molecule has 0 amide bonds. The van der Waals surface area contributed by atoms with Crippen molar-refractivity contribution in [2.24, 2.45) is 0 Å². The molecule has 0 aliphatic rings. The molecular weight excluding hydrogens is 201 g/mol. The van der Waals surface area contributed by atoms with Crippen LogP contribution >= 0.6 is 15.6 Å². The minimum atomic E-state index is -5.09. The van der Waals surface area contributed by atoms with Crippen LogP contribution in [0.3, 0.4) is 0 Å². The van der Waals surface area contributed by atoms with E-state index in [-0.39, 0.29) is 7.69 Å². The molecule has 11 heteroatoms. The molecule has 0 aliphatic heterocycles. The van der Waals surface area contributed by atoms with E-state index in [1.807, 2.05) is 0 Å². The lowest BCUT2D eigenvalue weighted by atomic mass is 10.5. The third-order valence-corrected chi connectivity index (χ3v) is 2.43. The minimum absolute atomic E-state index is 0.212. The second kappa shape index (κ2) is 3.80. The third-order valence-electron chi connectivity index (χ3n) is 0.390. The van der Waals surface area contributed by atoms with E-state index in [0.717, 1.165) is 0 Å². The van der Waals surface area contributed by atoms with Gasteiger partial charge in [0.1, 0.15) is 0 Å². The molecule has 1 atom stereocenters. The van der Waals surface area contributed by atoms with Crippen LogP contribution in [0, 0.1) is 0 Å². The summed E-state index contributed by atoms with van der Waals surface area (Å²) in [5.74, 6) is 0. The summed E-state index contributed by atoms with van der Waals surface area (Å²) in [5.41, 5.74) is 0. The van der Waals surface area contributed by atoms with Crippen LogP contribution in [0.1, 0.15) is 0 Å². The monoisotopic (exact) mass is 205 g/mol. The molecule has 0 fully saturated rings. The van der Waals surface area contributed by atoms with Crippen molar-refractivity contribution in [2.45, 2.75) is 0 Å². The molecule has 8 nitrogen and oxygen atoms in total. The van der Waals surface area contributed by atoms with E-state index in [2.05, 4.69) is 8.75 Å². The molecule has 0 bridgehead atoms. The topological polar surface area (TPSA) is 134 Å². The molecule has 4 N–H and O–H groups in total. The van der Waals surface area contributed by atoms with Gasteiger partial charge in [-0.05, 0) is 0 Å². The zero-order valence-electron chi connectivity index (χ0n) is 4.89. The molecule has 0 spiro atoms. The average Bonchev–Trinajstić information content (AvgIpc) is 1.55. The average molecular weight is 205 g/mol. The molecule has 1 unspecified atom stereocenters. The fraction of sp³-hybridized carbons (Fsp3) is 0. The quantitative estimate of drug-likeness (QED) is 0.329. The molecule has 0 aromatic rings. The third kappa shape index (κ3) is 6.67. The normalized spacial score (nSPS) is 17.5. The van der Waals surface area contributed by atoms with Crippen molar-refractivity contribution < 1.29 is 37.6 Å². The van der Waals surface area contributed by atoms with Crippen molar-refractivity contribution in [3.63, 3.8) is 0 Å². The minimum Gasteiger partial charge on any atom is -0.429 e. The van der Waals surface area contributed by atoms with E-state index in [1.165, 1.54) is 0 Å². The lowest BCUT2D eigenvalue weighted by molar-refractivity contribution is 0.225. The van der Waals surface area contributed by atoms with Crippen LogP contribution in [0.2, 0.25) is 0 Å². The van der Waals surface area contributed by atoms with Crippen molar-refractivity contribution in [3.05, 3.63) is 0 Å². The molecule has 65 valence electrons. The smallest absolute Gasteiger partial charge is 0.429 e. The van der Waals surface area contributed by atoms with Gasteiger partial charge in [0.2, 0.25) is 0 Å². The second-order valence-electron chi connectivity index (χ2n) is 1.25. The summed E-state index contributed by atoms with van der Waals surface area (Å²) in [4.78, 5) is 24.2. The Morgan fingerprint density at radius 1 is 1.18 bits per heavy atom. The van der Waals surface area contributed by atoms with Gasteiger partial charge in [-0.15, -0.1) is 0 Å². The summed E-state index contributed by atoms with van der Waals surface area (Å²) in [5, 5.41) is 7.79. The molecule has 0 heterocycles. The fourth-order valence-electron chi connectivity index (χ4n) is 0.213. The first-order chi connectivity index (χ1) is 4.77. The van der Waals surface area contributed by atoms with Gasteiger partial charge in [0.15, 0.2) is 0 Å². The van der Waals surface area contributed by atoms with Crippen LogP contribution in [-0.4, -0.2) is 27.4 Å². The number of hydrogen-bond acceptors (Lipinski definition) is 5. The van der Waals surface area contributed by atoms with Crippen LogP contribution < -0.4 is 0 Å². The van der Waals surface area contributed by atoms with Crippen molar-refractivity contribution in [1.29, 1.82) is 0 Å². The van der Waals surface area contributed by atoms with E-state index in [0.29, 0.717) is 0 Å². The largest absolute Gasteiger partial charge is 0.494 e. The zero-order valence-corrected chi connectivity index (χ0v) is 6.68. The van der Waals surface area contributed by atoms with Gasteiger partial charge in [0.05, 0.1) is 0 Å². The highest BCUT2D eigenvalue weighted by Gasteiger charge is 2.31. The predicted molar refractivity (Wildman–Crippen MR) is 32.0 cm³/mol. The summed E-state index contributed by atoms with van der Waals surface area (Å²) in [6.45, 7) is 0. The van der Waals surface area contributed by atoms with E-state index in [1.54, 1.807) is 0 Å². The van der Waals surface area contributed by atoms with E-state index >= 15 is 0 Å². The summed E-state index contributed by atoms with van der Waals surface area (Å²) in [6.07, 6.45) is 0. The van der Waals surface area contributed by atoms with Gasteiger partial charge in [-0.2, -0.15) is 4.31 Å². The van der Waals surface area contributed by atoms with Crippen LogP contribution in [-0.2, 0) is 17.9 Å². The SMILES string of the molecule is O=P(O)(O)OP(=O)(O)O[B]O. The maximum Gasteiger partial charge on any atom is 0.494 e. The number of phosphoric acid groups is 2. The summed E-state index contributed by atoms with van der Waals surface area (Å²) >= 11 is 0. The first-order valence-corrected chi connectivity index (χ1v) is 5.03. The van der Waals surface area contributed by atoms with Gasteiger partial charge in [0.25, 0.3) is 0 Å². The summed E-state index contributed by atoms with van der Waals surface area (Å²) in [6, 6.07) is 0. The van der Waals surface area contributed by atoms with Crippen molar-refractivity contribution in [1.82, 2.24) is 0 Å². The van der Waals surface area contributed by atoms with Gasteiger partial charge >= 0.3 is 23.3 Å². The lowest BCUT2D eigenvalue weighted by Crippen LogP contribution is -1.97. The van der Waals surface area contributed by atoms with E-state index in [4.69, 9.17) is 19.7 Å². The zero-order chi connectivity index (χ0) is 9.12. The van der Waals surface area contributed by atoms with Crippen LogP contribution in [0.5, 0.6) is 0 Å². The number of rotatable bonds is 4. The fourth-order valence-corrected chi connectivity index (χ4v) is 1.56. The van der Waals surface area contributed by atoms with Gasteiger partial charge in [0, 0.05) is 0 Å². The van der Waals surface area contributed by atoms with Crippen molar-refractivity contribution in [3.8, 4) is 0 Å². The molecule has 1 radical (unpaired) electrons. The molecule has 0 saturated carbocycles. The van der Waals surface area contributed by atoms with Gasteiger partial charge in [-0.25, -0.2) is 9.13 Å². The Labute approximate surface area is 61.9 Å². The maximum absolute atomic E-state index is 10.3. The predicted octanol–water partition coefficient (Wildman–Crippen LogP) is -1.26. The van der Waals surface area contributed by atoms with Crippen molar-refractivity contribution >= 4 is 23.3 Å². The van der Waals surface area contributed by atoms with Crippen LogP contribution in [0.4, 0.5) is 0 Å². The molecule has 0 saturated heterocycles. The van der Waals surface area contributed by atoms with Gasteiger partial charge in [-0.1, -0.05) is 0 Å². The standard InChI is InChI=1S/BH4O8P2/c2-1-8-11(6,7)9-10(3,4)5/h2H,(H,6,7)(H2,3,4,5). The van der Waals surface area contributed by atoms with E-state index < -0.39 is 15.6 Å². The van der Waals surface area contributed by atoms with Crippen LogP contribution in [0.25, 0.3) is 0 Å². The Morgan fingerprint density at radius 3 is 1.91 bits per heavy atom. The number of hydrogen-bond donors (Lipinski definition) is 4. The van der Waals surface area contributed by atoms with Gasteiger partial charge < -0.3 is 24.1 Å². The summed E-state index contributed by atoms with van der Waals surface area (Å²) in [7, 11) is -10.2. The Morgan fingerprint density at radius 2 is 1.64 bits per heavy atom. The molecule has 0 aromatic heterocycles. The van der Waals surface area contributed by atoms with Crippen molar-refractivity contribution in [2.75, 3.05) is 0 Å². The Balaban J connectivity index is 4.14. The van der Waals surface area contributed by atoms with Gasteiger partial charge in [-0.3, -0.25) is 0 Å². The first kappa shape index (κ1) is 11.3. The second-order valence-corrected chi connectivity index (χ2v) is 4.03. The van der Waals surface area contributed by atoms with E-state index in [9.17, 15) is 9.13 Å². The molecule has 11 heavy (non-hydrogen) atoms. The highest BCUT2D eigenvalue weighted by atomic mass is 31.3. The van der Waals surface area contributed by atoms with Crippen LogP contribution in [0.15, 0.2) is 0 Å². The maximum atomic E-state index is 10.3. The lowest BCUT2D eigenvalue weighted by Gasteiger charge is -2.09. The molecular formula is H4BO8P2. The summed E-state index contributed by atoms with van der Waals surface area (Å²) < 4.78 is 26.8. The Hall–Kier alpha value is 0.285. The Kier molecular flexibility index (Phi) is 3.89. The molecule has 0 rings (SSSR count). The Bertz CT molecular complexity index is 202. The highest BCUT2D eigenvalue weighted by Crippen LogP contribution is 2.57.